The van der Waals surface area contributed by atoms with Gasteiger partial charge < -0.3 is 19.5 Å². The van der Waals surface area contributed by atoms with Crippen LogP contribution in [0, 0.1) is 0 Å². The van der Waals surface area contributed by atoms with Gasteiger partial charge in [0.2, 0.25) is 11.1 Å². The van der Waals surface area contributed by atoms with Crippen LogP contribution in [0.1, 0.15) is 44.9 Å². The van der Waals surface area contributed by atoms with Gasteiger partial charge in [-0.3, -0.25) is 0 Å². The van der Waals surface area contributed by atoms with Gasteiger partial charge in [0.05, 0.1) is 23.3 Å². The molecule has 8 nitrogen and oxygen atoms in total. The van der Waals surface area contributed by atoms with E-state index in [0.717, 1.165) is 16.9 Å². The molecule has 3 aromatic rings. The van der Waals surface area contributed by atoms with E-state index in [1.165, 1.54) is 11.8 Å². The van der Waals surface area contributed by atoms with Crippen LogP contribution in [-0.2, 0) is 16.1 Å². The van der Waals surface area contributed by atoms with Crippen LogP contribution in [0.4, 0.5) is 5.95 Å². The molecule has 0 saturated carbocycles. The van der Waals surface area contributed by atoms with E-state index in [1.807, 2.05) is 57.2 Å². The number of carbonyl (C=O) groups excluding carboxylic acids is 1. The Morgan fingerprint density at radius 1 is 1.19 bits per heavy atom. The fourth-order valence-electron chi connectivity index (χ4n) is 4.02. The second-order valence-electron chi connectivity index (χ2n) is 8.03. The van der Waals surface area contributed by atoms with Crippen LogP contribution >= 0.6 is 39.3 Å². The van der Waals surface area contributed by atoms with E-state index in [9.17, 15) is 4.79 Å². The van der Waals surface area contributed by atoms with Crippen molar-refractivity contribution in [3.8, 4) is 11.5 Å². The quantitative estimate of drug-likeness (QED) is 0.203. The second kappa shape index (κ2) is 12.2. The third-order valence-electron chi connectivity index (χ3n) is 5.58. The number of carbonyl (C=O) groups is 1. The molecule has 1 aromatic heterocycles. The third kappa shape index (κ3) is 5.91. The maximum absolute atomic E-state index is 13.1. The molecular weight excluding hydrogens is 580 g/mol. The molecule has 0 radical (unpaired) electrons. The molecule has 0 bridgehead atoms. The molecule has 0 fully saturated rings. The predicted molar refractivity (Wildman–Crippen MR) is 149 cm³/mol. The number of nitrogens with one attached hydrogen (secondary N) is 1. The van der Waals surface area contributed by atoms with Crippen molar-refractivity contribution in [2.24, 2.45) is 0 Å². The molecule has 1 aliphatic heterocycles. The first-order valence-electron chi connectivity index (χ1n) is 11.9. The zero-order chi connectivity index (χ0) is 26.5. The van der Waals surface area contributed by atoms with Gasteiger partial charge >= 0.3 is 5.97 Å². The van der Waals surface area contributed by atoms with Gasteiger partial charge in [-0.2, -0.15) is 4.98 Å². The first-order valence-corrected chi connectivity index (χ1v) is 14.1. The molecule has 4 rings (SSSR count). The van der Waals surface area contributed by atoms with Gasteiger partial charge in [0.1, 0.15) is 12.6 Å². The average molecular weight is 608 g/mol. The Labute approximate surface area is 233 Å². The number of rotatable bonds is 10. The summed E-state index contributed by atoms with van der Waals surface area (Å²) < 4.78 is 20.0. The number of hydrogen-bond donors (Lipinski definition) is 1. The smallest absolute Gasteiger partial charge is 0.338 e. The topological polar surface area (TPSA) is 87.5 Å². The fraction of sp³-hybridized carbons (Fsp3) is 0.346. The molecule has 1 unspecified atom stereocenters. The summed E-state index contributed by atoms with van der Waals surface area (Å²) in [5.41, 5.74) is 2.73. The molecule has 2 heterocycles. The van der Waals surface area contributed by atoms with Crippen molar-refractivity contribution in [1.82, 2.24) is 14.8 Å². The molecule has 0 spiro atoms. The Hall–Kier alpha value is -2.69. The van der Waals surface area contributed by atoms with Crippen LogP contribution in [0.15, 0.2) is 57.3 Å². The standard InChI is InChI=1S/C26H28BrClN4O4S/c1-5-34-20-13-17(12-18(27)23(20)36-14-16-10-8-9-11-19(16)28)22-21(24(33)35-6-2)15(4)29-25-30-26(37-7-3)31-32(22)25/h8-13,22H,5-7,14H2,1-4H3,(H,29,30,31). The van der Waals surface area contributed by atoms with Gasteiger partial charge in [-0.1, -0.05) is 48.5 Å². The number of thioether (sulfide) groups is 1. The second-order valence-corrected chi connectivity index (χ2v) is 10.5. The van der Waals surface area contributed by atoms with E-state index in [4.69, 9.17) is 30.9 Å². The molecule has 0 aliphatic carbocycles. The van der Waals surface area contributed by atoms with Gasteiger partial charge in [0.25, 0.3) is 0 Å². The lowest BCUT2D eigenvalue weighted by molar-refractivity contribution is -0.139. The summed E-state index contributed by atoms with van der Waals surface area (Å²) in [6, 6.07) is 10.7. The number of nitrogens with zero attached hydrogens (tertiary/aromatic N) is 3. The minimum absolute atomic E-state index is 0.256. The number of allylic oxidation sites excluding steroid dienone is 1. The van der Waals surface area contributed by atoms with Gasteiger partial charge in [-0.05, 0) is 66.2 Å². The van der Waals surface area contributed by atoms with Crippen LogP contribution in [0.5, 0.6) is 11.5 Å². The van der Waals surface area contributed by atoms with Gasteiger partial charge in [-0.25, -0.2) is 9.48 Å². The molecule has 1 N–H and O–H groups in total. The summed E-state index contributed by atoms with van der Waals surface area (Å²) in [4.78, 5) is 17.7. The Morgan fingerprint density at radius 3 is 2.68 bits per heavy atom. The lowest BCUT2D eigenvalue weighted by Gasteiger charge is -2.29. The summed E-state index contributed by atoms with van der Waals surface area (Å²) >= 11 is 11.5. The van der Waals surface area contributed by atoms with Crippen LogP contribution in [0.3, 0.4) is 0 Å². The van der Waals surface area contributed by atoms with Crippen molar-refractivity contribution < 1.29 is 19.0 Å². The minimum Gasteiger partial charge on any atom is -0.490 e. The van der Waals surface area contributed by atoms with E-state index in [2.05, 4.69) is 26.2 Å². The summed E-state index contributed by atoms with van der Waals surface area (Å²) in [5.74, 6) is 2.03. The highest BCUT2D eigenvalue weighted by molar-refractivity contribution is 9.10. The van der Waals surface area contributed by atoms with E-state index >= 15 is 0 Å². The SMILES string of the molecule is CCOC(=O)C1=C(C)Nc2nc(SCC)nn2C1c1cc(Br)c(OCc2ccccc2Cl)c(OCC)c1. The Bertz CT molecular complexity index is 1330. The zero-order valence-corrected chi connectivity index (χ0v) is 24.2. The van der Waals surface area contributed by atoms with E-state index in [0.29, 0.717) is 50.0 Å². The zero-order valence-electron chi connectivity index (χ0n) is 21.0. The lowest BCUT2D eigenvalue weighted by Crippen LogP contribution is -2.29. The number of benzene rings is 2. The number of anilines is 1. The predicted octanol–water partition coefficient (Wildman–Crippen LogP) is 6.64. The molecule has 11 heteroatoms. The van der Waals surface area contributed by atoms with E-state index < -0.39 is 12.0 Å². The highest BCUT2D eigenvalue weighted by Crippen LogP contribution is 2.43. The normalized spacial score (nSPS) is 14.7. The average Bonchev–Trinajstić information content (AvgIpc) is 3.25. The molecule has 2 aromatic carbocycles. The van der Waals surface area contributed by atoms with Crippen molar-refractivity contribution >= 4 is 51.2 Å². The summed E-state index contributed by atoms with van der Waals surface area (Å²) in [5, 5.41) is 9.16. The molecule has 0 amide bonds. The number of aromatic nitrogens is 3. The van der Waals surface area contributed by atoms with Crippen LogP contribution in [0.25, 0.3) is 0 Å². The van der Waals surface area contributed by atoms with Gasteiger partial charge in [0, 0.05) is 16.3 Å². The molecular formula is C26H28BrClN4O4S. The minimum atomic E-state index is -0.581. The first kappa shape index (κ1) is 27.3. The van der Waals surface area contributed by atoms with Crippen LogP contribution < -0.4 is 14.8 Å². The lowest BCUT2D eigenvalue weighted by atomic mass is 9.95. The third-order valence-corrected chi connectivity index (χ3v) is 7.26. The number of halogens is 2. The summed E-state index contributed by atoms with van der Waals surface area (Å²) in [7, 11) is 0. The number of fused-ring (bicyclic) bond motifs is 1. The Kier molecular flexibility index (Phi) is 9.04. The fourth-order valence-corrected chi connectivity index (χ4v) is 5.34. The molecule has 1 aliphatic rings. The molecule has 0 saturated heterocycles. The highest BCUT2D eigenvalue weighted by Gasteiger charge is 2.36. The summed E-state index contributed by atoms with van der Waals surface area (Å²) in [6.07, 6.45) is 0. The Balaban J connectivity index is 1.79. The van der Waals surface area contributed by atoms with Crippen molar-refractivity contribution in [2.75, 3.05) is 24.3 Å². The molecule has 1 atom stereocenters. The molecule has 196 valence electrons. The van der Waals surface area contributed by atoms with E-state index in [1.54, 1.807) is 11.6 Å². The monoisotopic (exact) mass is 606 g/mol. The van der Waals surface area contributed by atoms with Crippen LogP contribution in [0.2, 0.25) is 5.02 Å². The first-order chi connectivity index (χ1) is 17.9. The summed E-state index contributed by atoms with van der Waals surface area (Å²) in [6.45, 7) is 8.51. The maximum atomic E-state index is 13.1. The van der Waals surface area contributed by atoms with E-state index in [-0.39, 0.29) is 13.2 Å². The highest BCUT2D eigenvalue weighted by atomic mass is 79.9. The van der Waals surface area contributed by atoms with Crippen LogP contribution in [-0.4, -0.2) is 39.7 Å². The molecule has 37 heavy (non-hydrogen) atoms. The maximum Gasteiger partial charge on any atom is 0.338 e. The van der Waals surface area contributed by atoms with Gasteiger partial charge in [0.15, 0.2) is 11.5 Å². The van der Waals surface area contributed by atoms with Gasteiger partial charge in [-0.15, -0.1) is 5.10 Å². The Morgan fingerprint density at radius 2 is 1.97 bits per heavy atom. The van der Waals surface area contributed by atoms with Crippen molar-refractivity contribution in [1.29, 1.82) is 0 Å². The van der Waals surface area contributed by atoms with Crippen molar-refractivity contribution in [3.63, 3.8) is 0 Å². The number of hydrogen-bond acceptors (Lipinski definition) is 8. The number of ether oxygens (including phenoxy) is 3. The van der Waals surface area contributed by atoms with Crippen molar-refractivity contribution in [3.05, 3.63) is 68.3 Å². The number of esters is 1. The largest absolute Gasteiger partial charge is 0.490 e. The van der Waals surface area contributed by atoms with Crippen molar-refractivity contribution in [2.45, 2.75) is 45.5 Å².